The Kier molecular flexibility index (Phi) is 7.02. The van der Waals surface area contributed by atoms with Gasteiger partial charge in [0.25, 0.3) is 0 Å². The third kappa shape index (κ3) is 5.18. The number of rotatable bonds is 9. The van der Waals surface area contributed by atoms with Gasteiger partial charge in [0.2, 0.25) is 0 Å². The van der Waals surface area contributed by atoms with E-state index in [9.17, 15) is 9.59 Å². The number of oxime groups is 1. The van der Waals surface area contributed by atoms with Crippen LogP contribution in [0.25, 0.3) is 0 Å². The van der Waals surface area contributed by atoms with E-state index < -0.39 is 0 Å². The average molecular weight is 371 g/mol. The van der Waals surface area contributed by atoms with Gasteiger partial charge < -0.3 is 9.57 Å². The molecular formula is C22H29NO4. The van der Waals surface area contributed by atoms with Gasteiger partial charge in [-0.25, -0.2) is 0 Å². The molecule has 5 nitrogen and oxygen atoms in total. The SMILES string of the molecule is COC(=O)CCCCCCC1C(=O)CCC1C1=NOC(c2ccccc2)C1. The molecule has 0 bridgehead atoms. The molecule has 1 aliphatic carbocycles. The van der Waals surface area contributed by atoms with Crippen molar-refractivity contribution in [2.24, 2.45) is 17.0 Å². The monoisotopic (exact) mass is 371 g/mol. The van der Waals surface area contributed by atoms with Gasteiger partial charge in [-0.15, -0.1) is 0 Å². The highest BCUT2D eigenvalue weighted by molar-refractivity contribution is 5.96. The zero-order chi connectivity index (χ0) is 19.1. The van der Waals surface area contributed by atoms with Crippen LogP contribution in [0.3, 0.4) is 0 Å². The molecule has 27 heavy (non-hydrogen) atoms. The number of hydrogen-bond acceptors (Lipinski definition) is 5. The van der Waals surface area contributed by atoms with Crippen LogP contribution in [0.4, 0.5) is 0 Å². The van der Waals surface area contributed by atoms with Crippen molar-refractivity contribution in [3.05, 3.63) is 35.9 Å². The van der Waals surface area contributed by atoms with E-state index in [4.69, 9.17) is 4.84 Å². The van der Waals surface area contributed by atoms with Gasteiger partial charge in [-0.2, -0.15) is 0 Å². The third-order valence-corrected chi connectivity index (χ3v) is 5.77. The first-order valence-corrected chi connectivity index (χ1v) is 10.1. The van der Waals surface area contributed by atoms with Crippen molar-refractivity contribution in [3.63, 3.8) is 0 Å². The molecule has 1 aromatic rings. The number of carbonyl (C=O) groups excluding carboxylic acids is 2. The quantitative estimate of drug-likeness (QED) is 0.469. The Morgan fingerprint density at radius 3 is 2.74 bits per heavy atom. The van der Waals surface area contributed by atoms with Crippen LogP contribution in [0, 0.1) is 11.8 Å². The summed E-state index contributed by atoms with van der Waals surface area (Å²) in [7, 11) is 1.42. The van der Waals surface area contributed by atoms with Crippen molar-refractivity contribution in [3.8, 4) is 0 Å². The smallest absolute Gasteiger partial charge is 0.305 e. The van der Waals surface area contributed by atoms with E-state index in [0.717, 1.165) is 56.2 Å². The first-order valence-electron chi connectivity index (χ1n) is 10.1. The minimum Gasteiger partial charge on any atom is -0.469 e. The second-order valence-corrected chi connectivity index (χ2v) is 7.54. The Balaban J connectivity index is 1.45. The standard InChI is InChI=1S/C22H29NO4/c1-26-22(25)12-8-3-2-7-11-18-17(13-14-20(18)24)19-15-21(27-23-19)16-9-5-4-6-10-16/h4-6,9-10,17-18,21H,2-3,7-8,11-15H2,1H3. The minimum absolute atomic E-state index is 0.0177. The predicted octanol–water partition coefficient (Wildman–Crippen LogP) is 4.61. The molecule has 0 spiro atoms. The van der Waals surface area contributed by atoms with Gasteiger partial charge in [0, 0.05) is 31.1 Å². The van der Waals surface area contributed by atoms with Crippen LogP contribution in [-0.2, 0) is 19.2 Å². The summed E-state index contributed by atoms with van der Waals surface area (Å²) in [5, 5.41) is 4.36. The number of ketones is 1. The van der Waals surface area contributed by atoms with Crippen molar-refractivity contribution in [2.45, 2.75) is 63.9 Å². The molecule has 0 aromatic heterocycles. The molecule has 1 heterocycles. The highest BCUT2D eigenvalue weighted by atomic mass is 16.6. The van der Waals surface area contributed by atoms with Crippen LogP contribution >= 0.6 is 0 Å². The lowest BCUT2D eigenvalue weighted by Gasteiger charge is -2.17. The second kappa shape index (κ2) is 9.67. The first kappa shape index (κ1) is 19.6. The van der Waals surface area contributed by atoms with Crippen molar-refractivity contribution in [1.82, 2.24) is 0 Å². The Hall–Kier alpha value is -2.17. The fourth-order valence-electron chi connectivity index (χ4n) is 4.22. The summed E-state index contributed by atoms with van der Waals surface area (Å²) in [4.78, 5) is 29.2. The Morgan fingerprint density at radius 1 is 1.19 bits per heavy atom. The van der Waals surface area contributed by atoms with Crippen LogP contribution in [0.5, 0.6) is 0 Å². The summed E-state index contributed by atoms with van der Waals surface area (Å²) in [5.74, 6) is 0.553. The van der Waals surface area contributed by atoms with E-state index in [1.165, 1.54) is 7.11 Å². The number of methoxy groups -OCH3 is 1. The molecule has 1 aromatic carbocycles. The molecule has 5 heteroatoms. The van der Waals surface area contributed by atoms with Gasteiger partial charge in [-0.3, -0.25) is 9.59 Å². The molecule has 0 saturated heterocycles. The molecule has 1 saturated carbocycles. The van der Waals surface area contributed by atoms with Gasteiger partial charge in [0.1, 0.15) is 5.78 Å². The van der Waals surface area contributed by atoms with Gasteiger partial charge >= 0.3 is 5.97 Å². The summed E-state index contributed by atoms with van der Waals surface area (Å²) in [6, 6.07) is 10.2. The molecule has 0 amide bonds. The Labute approximate surface area is 161 Å². The largest absolute Gasteiger partial charge is 0.469 e. The Bertz CT molecular complexity index is 670. The maximum Gasteiger partial charge on any atom is 0.305 e. The van der Waals surface area contributed by atoms with E-state index >= 15 is 0 Å². The molecular weight excluding hydrogens is 342 g/mol. The molecule has 0 radical (unpaired) electrons. The highest BCUT2D eigenvalue weighted by Crippen LogP contribution is 2.39. The Morgan fingerprint density at radius 2 is 1.96 bits per heavy atom. The zero-order valence-electron chi connectivity index (χ0n) is 16.1. The van der Waals surface area contributed by atoms with Crippen molar-refractivity contribution in [2.75, 3.05) is 7.11 Å². The number of carbonyl (C=O) groups is 2. The van der Waals surface area contributed by atoms with Gasteiger partial charge in [0.05, 0.1) is 12.8 Å². The number of nitrogens with zero attached hydrogens (tertiary/aromatic N) is 1. The van der Waals surface area contributed by atoms with Gasteiger partial charge in [-0.1, -0.05) is 54.8 Å². The molecule has 3 rings (SSSR count). The lowest BCUT2D eigenvalue weighted by Crippen LogP contribution is -2.22. The number of benzene rings is 1. The third-order valence-electron chi connectivity index (χ3n) is 5.77. The van der Waals surface area contributed by atoms with E-state index in [2.05, 4.69) is 22.0 Å². The molecule has 1 aliphatic heterocycles. The normalized spacial score (nSPS) is 24.6. The fraction of sp³-hybridized carbons (Fsp3) is 0.591. The highest BCUT2D eigenvalue weighted by Gasteiger charge is 2.40. The van der Waals surface area contributed by atoms with Crippen LogP contribution < -0.4 is 0 Å². The van der Waals surface area contributed by atoms with E-state index in [1.54, 1.807) is 0 Å². The summed E-state index contributed by atoms with van der Waals surface area (Å²) in [6.07, 6.45) is 7.64. The molecule has 2 aliphatic rings. The van der Waals surface area contributed by atoms with Crippen molar-refractivity contribution in [1.29, 1.82) is 0 Å². The summed E-state index contributed by atoms with van der Waals surface area (Å²) in [6.45, 7) is 0. The predicted molar refractivity (Wildman–Crippen MR) is 103 cm³/mol. The molecule has 1 fully saturated rings. The van der Waals surface area contributed by atoms with Crippen LogP contribution in [-0.4, -0.2) is 24.6 Å². The molecule has 3 unspecified atom stereocenters. The molecule has 146 valence electrons. The maximum atomic E-state index is 12.4. The number of Topliss-reactive ketones (excluding diaryl/α,β-unsaturated/α-hetero) is 1. The van der Waals surface area contributed by atoms with Gasteiger partial charge in [0.15, 0.2) is 6.10 Å². The van der Waals surface area contributed by atoms with Crippen LogP contribution in [0.1, 0.15) is 69.5 Å². The number of ether oxygens (including phenoxy) is 1. The summed E-state index contributed by atoms with van der Waals surface area (Å²) >= 11 is 0. The van der Waals surface area contributed by atoms with Crippen molar-refractivity contribution >= 4 is 17.5 Å². The minimum atomic E-state index is -0.145. The summed E-state index contributed by atoms with van der Waals surface area (Å²) in [5.41, 5.74) is 2.20. The zero-order valence-corrected chi connectivity index (χ0v) is 16.1. The van der Waals surface area contributed by atoms with Crippen molar-refractivity contribution < 1.29 is 19.2 Å². The first-order chi connectivity index (χ1) is 13.2. The molecule has 0 N–H and O–H groups in total. The second-order valence-electron chi connectivity index (χ2n) is 7.54. The topological polar surface area (TPSA) is 65.0 Å². The lowest BCUT2D eigenvalue weighted by atomic mass is 9.84. The number of unbranched alkanes of at least 4 members (excludes halogenated alkanes) is 3. The van der Waals surface area contributed by atoms with E-state index in [-0.39, 0.29) is 23.9 Å². The van der Waals surface area contributed by atoms with Crippen LogP contribution in [0.2, 0.25) is 0 Å². The average Bonchev–Trinajstić information content (AvgIpc) is 3.32. The lowest BCUT2D eigenvalue weighted by molar-refractivity contribution is -0.140. The maximum absolute atomic E-state index is 12.4. The van der Waals surface area contributed by atoms with E-state index in [0.29, 0.717) is 18.6 Å². The fourth-order valence-corrected chi connectivity index (χ4v) is 4.22. The number of hydrogen-bond donors (Lipinski definition) is 0. The molecule has 3 atom stereocenters. The summed E-state index contributed by atoms with van der Waals surface area (Å²) < 4.78 is 4.66. The van der Waals surface area contributed by atoms with E-state index in [1.807, 2.05) is 18.2 Å². The van der Waals surface area contributed by atoms with Gasteiger partial charge in [-0.05, 0) is 24.8 Å². The van der Waals surface area contributed by atoms with Crippen LogP contribution in [0.15, 0.2) is 35.5 Å². The number of esters is 1.